The number of rotatable bonds is 5. The molecule has 2 aromatic rings. The smallest absolute Gasteiger partial charge is 0.180 e. The monoisotopic (exact) mass is 274 g/mol. The standard InChI is InChI=1S/C14H22N6/c1-11(19-6-3-4-7-19)9-17-13-14-16-5-8-20(14)10-12(15-2)18-13/h5,8,10-11,15H,3-4,6-7,9H2,1-2H3,(H,17,18). The second kappa shape index (κ2) is 5.66. The summed E-state index contributed by atoms with van der Waals surface area (Å²) < 4.78 is 1.99. The van der Waals surface area contributed by atoms with Crippen molar-refractivity contribution in [3.63, 3.8) is 0 Å². The lowest BCUT2D eigenvalue weighted by molar-refractivity contribution is 0.269. The van der Waals surface area contributed by atoms with Gasteiger partial charge in [0.1, 0.15) is 5.82 Å². The minimum Gasteiger partial charge on any atom is -0.372 e. The summed E-state index contributed by atoms with van der Waals surface area (Å²) in [5.41, 5.74) is 0.873. The van der Waals surface area contributed by atoms with E-state index in [1.165, 1.54) is 25.9 Å². The highest BCUT2D eigenvalue weighted by atomic mass is 15.2. The molecule has 108 valence electrons. The van der Waals surface area contributed by atoms with Crippen LogP contribution in [0.4, 0.5) is 11.6 Å². The summed E-state index contributed by atoms with van der Waals surface area (Å²) in [5.74, 6) is 1.68. The van der Waals surface area contributed by atoms with Crippen LogP contribution in [-0.4, -0.2) is 52.0 Å². The molecule has 1 unspecified atom stereocenters. The normalized spacial score (nSPS) is 17.5. The minimum absolute atomic E-state index is 0.521. The predicted octanol–water partition coefficient (Wildman–Crippen LogP) is 1.67. The highest BCUT2D eigenvalue weighted by Gasteiger charge is 2.18. The molecule has 0 amide bonds. The summed E-state index contributed by atoms with van der Waals surface area (Å²) >= 11 is 0. The fourth-order valence-electron chi connectivity index (χ4n) is 2.73. The quantitative estimate of drug-likeness (QED) is 0.868. The highest BCUT2D eigenvalue weighted by molar-refractivity contribution is 5.65. The van der Waals surface area contributed by atoms with E-state index in [9.17, 15) is 0 Å². The molecule has 1 saturated heterocycles. The van der Waals surface area contributed by atoms with Gasteiger partial charge >= 0.3 is 0 Å². The van der Waals surface area contributed by atoms with E-state index in [4.69, 9.17) is 0 Å². The molecular formula is C14H22N6. The summed E-state index contributed by atoms with van der Waals surface area (Å²) in [5, 5.41) is 6.53. The van der Waals surface area contributed by atoms with Gasteiger partial charge in [0.15, 0.2) is 11.5 Å². The molecule has 6 nitrogen and oxygen atoms in total. The van der Waals surface area contributed by atoms with Gasteiger partial charge in [-0.25, -0.2) is 9.97 Å². The Bertz CT molecular complexity index is 572. The van der Waals surface area contributed by atoms with Gasteiger partial charge in [0.05, 0.1) is 6.20 Å². The van der Waals surface area contributed by atoms with Crippen molar-refractivity contribution in [2.45, 2.75) is 25.8 Å². The minimum atomic E-state index is 0.521. The van der Waals surface area contributed by atoms with Crippen LogP contribution in [0.25, 0.3) is 5.65 Å². The molecule has 0 aromatic carbocycles. The average molecular weight is 274 g/mol. The Hall–Kier alpha value is -1.82. The number of nitrogens with one attached hydrogen (secondary N) is 2. The van der Waals surface area contributed by atoms with Crippen LogP contribution < -0.4 is 10.6 Å². The lowest BCUT2D eigenvalue weighted by Crippen LogP contribution is -2.35. The van der Waals surface area contributed by atoms with Crippen LogP contribution in [0.2, 0.25) is 0 Å². The first-order chi connectivity index (χ1) is 9.78. The van der Waals surface area contributed by atoms with Crippen molar-refractivity contribution >= 4 is 17.3 Å². The number of likely N-dealkylation sites (tertiary alicyclic amines) is 1. The largest absolute Gasteiger partial charge is 0.372 e. The van der Waals surface area contributed by atoms with Crippen LogP contribution in [0.15, 0.2) is 18.6 Å². The van der Waals surface area contributed by atoms with Crippen molar-refractivity contribution in [1.82, 2.24) is 19.3 Å². The molecule has 3 rings (SSSR count). The van der Waals surface area contributed by atoms with E-state index < -0.39 is 0 Å². The number of anilines is 2. The number of hydrogen-bond acceptors (Lipinski definition) is 5. The van der Waals surface area contributed by atoms with E-state index in [-0.39, 0.29) is 0 Å². The third-order valence-corrected chi connectivity index (χ3v) is 3.96. The van der Waals surface area contributed by atoms with Gasteiger partial charge in [-0.15, -0.1) is 0 Å². The molecule has 1 aliphatic heterocycles. The van der Waals surface area contributed by atoms with Gasteiger partial charge in [0.25, 0.3) is 0 Å². The molecule has 1 fully saturated rings. The van der Waals surface area contributed by atoms with Crippen molar-refractivity contribution in [3.05, 3.63) is 18.6 Å². The molecule has 3 heterocycles. The first-order valence-corrected chi connectivity index (χ1v) is 7.27. The zero-order valence-corrected chi connectivity index (χ0v) is 12.1. The van der Waals surface area contributed by atoms with Crippen molar-refractivity contribution in [2.75, 3.05) is 37.3 Å². The molecular weight excluding hydrogens is 252 g/mol. The van der Waals surface area contributed by atoms with E-state index in [1.807, 2.05) is 23.8 Å². The molecule has 1 aliphatic rings. The van der Waals surface area contributed by atoms with Crippen LogP contribution in [0.5, 0.6) is 0 Å². The Labute approximate surface area is 119 Å². The van der Waals surface area contributed by atoms with E-state index in [2.05, 4.69) is 32.4 Å². The Morgan fingerprint density at radius 2 is 2.15 bits per heavy atom. The van der Waals surface area contributed by atoms with Crippen LogP contribution >= 0.6 is 0 Å². The van der Waals surface area contributed by atoms with Crippen molar-refractivity contribution in [1.29, 1.82) is 0 Å². The Balaban J connectivity index is 1.74. The maximum absolute atomic E-state index is 4.57. The third kappa shape index (κ3) is 2.56. The van der Waals surface area contributed by atoms with E-state index in [0.29, 0.717) is 6.04 Å². The van der Waals surface area contributed by atoms with Crippen LogP contribution in [0.3, 0.4) is 0 Å². The van der Waals surface area contributed by atoms with Crippen LogP contribution in [0.1, 0.15) is 19.8 Å². The van der Waals surface area contributed by atoms with E-state index >= 15 is 0 Å². The molecule has 20 heavy (non-hydrogen) atoms. The van der Waals surface area contributed by atoms with Crippen molar-refractivity contribution < 1.29 is 0 Å². The molecule has 0 aliphatic carbocycles. The molecule has 2 aromatic heterocycles. The molecule has 0 saturated carbocycles. The Morgan fingerprint density at radius 1 is 1.35 bits per heavy atom. The van der Waals surface area contributed by atoms with Gasteiger partial charge in [-0.2, -0.15) is 0 Å². The molecule has 0 radical (unpaired) electrons. The molecule has 1 atom stereocenters. The number of aromatic nitrogens is 3. The molecule has 0 bridgehead atoms. The average Bonchev–Trinajstić information content (AvgIpc) is 3.14. The van der Waals surface area contributed by atoms with Gasteiger partial charge in [-0.05, 0) is 32.9 Å². The summed E-state index contributed by atoms with van der Waals surface area (Å²) in [6, 6.07) is 0.521. The Morgan fingerprint density at radius 3 is 2.90 bits per heavy atom. The summed E-state index contributed by atoms with van der Waals surface area (Å²) in [7, 11) is 1.88. The van der Waals surface area contributed by atoms with Gasteiger partial charge in [0, 0.05) is 32.0 Å². The van der Waals surface area contributed by atoms with Crippen molar-refractivity contribution in [3.8, 4) is 0 Å². The molecule has 0 spiro atoms. The number of nitrogens with zero attached hydrogens (tertiary/aromatic N) is 4. The molecule has 2 N–H and O–H groups in total. The SMILES string of the molecule is CNc1cn2ccnc2c(NCC(C)N2CCCC2)n1. The third-order valence-electron chi connectivity index (χ3n) is 3.96. The fraction of sp³-hybridized carbons (Fsp3) is 0.571. The summed E-state index contributed by atoms with van der Waals surface area (Å²) in [4.78, 5) is 11.5. The maximum atomic E-state index is 4.57. The first-order valence-electron chi connectivity index (χ1n) is 7.27. The molecule has 6 heteroatoms. The lowest BCUT2D eigenvalue weighted by atomic mass is 10.3. The highest BCUT2D eigenvalue weighted by Crippen LogP contribution is 2.17. The summed E-state index contributed by atoms with van der Waals surface area (Å²) in [6.07, 6.45) is 8.32. The van der Waals surface area contributed by atoms with E-state index in [1.54, 1.807) is 6.20 Å². The van der Waals surface area contributed by atoms with Gasteiger partial charge in [0.2, 0.25) is 0 Å². The van der Waals surface area contributed by atoms with Crippen molar-refractivity contribution in [2.24, 2.45) is 0 Å². The topological polar surface area (TPSA) is 57.5 Å². The van der Waals surface area contributed by atoms with E-state index in [0.717, 1.165) is 23.8 Å². The van der Waals surface area contributed by atoms with Crippen LogP contribution in [-0.2, 0) is 0 Å². The predicted molar refractivity (Wildman–Crippen MR) is 81.3 cm³/mol. The first kappa shape index (κ1) is 13.2. The van der Waals surface area contributed by atoms with Gasteiger partial charge < -0.3 is 15.0 Å². The number of fused-ring (bicyclic) bond motifs is 1. The fourth-order valence-corrected chi connectivity index (χ4v) is 2.73. The number of hydrogen-bond donors (Lipinski definition) is 2. The summed E-state index contributed by atoms with van der Waals surface area (Å²) in [6.45, 7) is 5.59. The Kier molecular flexibility index (Phi) is 3.73. The lowest BCUT2D eigenvalue weighted by Gasteiger charge is -2.24. The second-order valence-corrected chi connectivity index (χ2v) is 5.36. The maximum Gasteiger partial charge on any atom is 0.180 e. The van der Waals surface area contributed by atoms with Gasteiger partial charge in [-0.3, -0.25) is 4.90 Å². The number of imidazole rings is 1. The zero-order valence-electron chi connectivity index (χ0n) is 12.1. The zero-order chi connectivity index (χ0) is 13.9. The second-order valence-electron chi connectivity index (χ2n) is 5.36. The van der Waals surface area contributed by atoms with Gasteiger partial charge in [-0.1, -0.05) is 0 Å². The van der Waals surface area contributed by atoms with Crippen LogP contribution in [0, 0.1) is 0 Å².